The van der Waals surface area contributed by atoms with E-state index in [1.165, 1.54) is 49.5 Å². The third-order valence-corrected chi connectivity index (χ3v) is 13.2. The lowest BCUT2D eigenvalue weighted by Gasteiger charge is -2.30. The van der Waals surface area contributed by atoms with Crippen molar-refractivity contribution in [3.8, 4) is 5.75 Å². The number of phenols is 1. The second-order valence-corrected chi connectivity index (χ2v) is 20.3. The van der Waals surface area contributed by atoms with Gasteiger partial charge in [0.1, 0.15) is 54.1 Å². The van der Waals surface area contributed by atoms with Crippen LogP contribution in [0.15, 0.2) is 29.3 Å². The molecule has 0 radical (unpaired) electrons. The zero-order valence-corrected chi connectivity index (χ0v) is 46.1. The molecule has 11 unspecified atom stereocenters. The standard InChI is InChI=1S/C48H81N13O14S2/c1-7-25(2)37(45(72)56-31(12-10-20-53-48(51)52)40(67)59-35(47(74)75)24-36(64)65)60-42(69)30(11-8-9-19-49)54-41(68)32(17-21-76-5)57-46(73)38(27(4)62)61-43(70)33(18-22-77-6)55-44(71)34(58-39(66)26(3)50)23-28-13-15-29(63)16-14-28/h13-16,25-27,30-35,37-38,62-63H,7-12,17-24,49-50H2,1-6H3,(H,54,68)(H,55,71)(H,56,72)(H,57,73)(H,58,66)(H,59,67)(H,60,69)(H,61,70)(H,64,65)(H,74,75)(H4,51,52,53). The Bertz CT molecular complexity index is 2140. The molecule has 77 heavy (non-hydrogen) atoms. The van der Waals surface area contributed by atoms with Crippen LogP contribution < -0.4 is 65.5 Å². The molecule has 434 valence electrons. The summed E-state index contributed by atoms with van der Waals surface area (Å²) in [5.41, 5.74) is 22.9. The Balaban J connectivity index is 3.50. The highest BCUT2D eigenvalue weighted by Crippen LogP contribution is 2.15. The molecule has 0 aliphatic carbocycles. The predicted octanol–water partition coefficient (Wildman–Crippen LogP) is -3.16. The molecule has 0 saturated carbocycles. The lowest BCUT2D eigenvalue weighted by atomic mass is 9.96. The number of aromatic hydroxyl groups is 1. The summed E-state index contributed by atoms with van der Waals surface area (Å²) in [6, 6.07) is -6.66. The second kappa shape index (κ2) is 36.6. The number of aliphatic hydroxyl groups is 1. The minimum Gasteiger partial charge on any atom is -0.508 e. The fourth-order valence-electron chi connectivity index (χ4n) is 7.25. The van der Waals surface area contributed by atoms with E-state index < -0.39 is 132 Å². The Hall–Kier alpha value is -6.43. The van der Waals surface area contributed by atoms with Crippen molar-refractivity contribution >= 4 is 88.7 Å². The maximum atomic E-state index is 14.2. The van der Waals surface area contributed by atoms with E-state index in [4.69, 9.17) is 22.9 Å². The van der Waals surface area contributed by atoms with Crippen molar-refractivity contribution in [1.82, 2.24) is 42.5 Å². The Morgan fingerprint density at radius 2 is 1.01 bits per heavy atom. The number of hydrogen-bond donors (Lipinski definition) is 16. The highest BCUT2D eigenvalue weighted by molar-refractivity contribution is 7.98. The summed E-state index contributed by atoms with van der Waals surface area (Å²) in [5, 5.41) is 59.7. The summed E-state index contributed by atoms with van der Waals surface area (Å²) in [5.74, 6) is -10.3. The number of aliphatic carboxylic acids is 2. The third-order valence-electron chi connectivity index (χ3n) is 11.9. The number of amides is 8. The van der Waals surface area contributed by atoms with E-state index >= 15 is 0 Å². The molecule has 27 nitrogen and oxygen atoms in total. The normalized spacial score (nSPS) is 15.3. The predicted molar refractivity (Wildman–Crippen MR) is 291 cm³/mol. The monoisotopic (exact) mass is 1130 g/mol. The lowest BCUT2D eigenvalue weighted by Crippen LogP contribution is -2.62. The number of guanidine groups is 1. The summed E-state index contributed by atoms with van der Waals surface area (Å²) >= 11 is 2.69. The number of aliphatic imine (C=N–C) groups is 1. The topological polar surface area (TPSA) is 464 Å². The van der Waals surface area contributed by atoms with Gasteiger partial charge in [-0.1, -0.05) is 32.4 Å². The summed E-state index contributed by atoms with van der Waals surface area (Å²) in [6.07, 6.45) is 1.98. The first-order chi connectivity index (χ1) is 36.3. The summed E-state index contributed by atoms with van der Waals surface area (Å²) in [6.45, 7) is 6.24. The summed E-state index contributed by atoms with van der Waals surface area (Å²) in [4.78, 5) is 137. The van der Waals surface area contributed by atoms with Gasteiger partial charge in [0, 0.05) is 13.0 Å². The molecule has 1 aromatic rings. The van der Waals surface area contributed by atoms with Gasteiger partial charge in [0.05, 0.1) is 18.6 Å². The number of nitrogens with zero attached hydrogens (tertiary/aromatic N) is 1. The third kappa shape index (κ3) is 26.5. The molecule has 8 amide bonds. The molecule has 0 saturated heterocycles. The van der Waals surface area contributed by atoms with Crippen molar-refractivity contribution in [3.63, 3.8) is 0 Å². The second-order valence-electron chi connectivity index (χ2n) is 18.4. The Morgan fingerprint density at radius 1 is 0.584 bits per heavy atom. The molecule has 0 aliphatic heterocycles. The molecule has 0 aliphatic rings. The van der Waals surface area contributed by atoms with Crippen molar-refractivity contribution < 1.29 is 68.4 Å². The first kappa shape index (κ1) is 68.6. The fraction of sp³-hybridized carbons (Fsp3) is 0.646. The number of benzene rings is 1. The van der Waals surface area contributed by atoms with Gasteiger partial charge < -0.3 is 85.9 Å². The van der Waals surface area contributed by atoms with Crippen molar-refractivity contribution in [2.75, 3.05) is 37.1 Å². The van der Waals surface area contributed by atoms with Crippen LogP contribution in [-0.2, 0) is 54.4 Å². The maximum absolute atomic E-state index is 14.2. The smallest absolute Gasteiger partial charge is 0.326 e. The van der Waals surface area contributed by atoms with Gasteiger partial charge in [-0.15, -0.1) is 0 Å². The molecular formula is C48H81N13O14S2. The van der Waals surface area contributed by atoms with Crippen LogP contribution in [0.1, 0.15) is 91.0 Å². The van der Waals surface area contributed by atoms with Crippen LogP contribution in [-0.4, -0.2) is 183 Å². The zero-order chi connectivity index (χ0) is 58.4. The van der Waals surface area contributed by atoms with Crippen LogP contribution in [0.25, 0.3) is 0 Å². The molecular weight excluding hydrogens is 1050 g/mol. The van der Waals surface area contributed by atoms with Crippen LogP contribution >= 0.6 is 23.5 Å². The summed E-state index contributed by atoms with van der Waals surface area (Å²) in [7, 11) is 0. The number of carboxylic acid groups (broad SMARTS) is 2. The average Bonchev–Trinajstić information content (AvgIpc) is 3.36. The van der Waals surface area contributed by atoms with Gasteiger partial charge in [-0.2, -0.15) is 23.5 Å². The van der Waals surface area contributed by atoms with Gasteiger partial charge >= 0.3 is 11.9 Å². The number of carboxylic acids is 2. The average molecular weight is 1130 g/mol. The maximum Gasteiger partial charge on any atom is 0.326 e. The van der Waals surface area contributed by atoms with Crippen molar-refractivity contribution in [1.29, 1.82) is 0 Å². The van der Waals surface area contributed by atoms with Crippen molar-refractivity contribution in [2.24, 2.45) is 33.8 Å². The number of thioether (sulfide) groups is 2. The van der Waals surface area contributed by atoms with E-state index in [0.29, 0.717) is 36.3 Å². The lowest BCUT2D eigenvalue weighted by molar-refractivity contribution is -0.147. The first-order valence-electron chi connectivity index (χ1n) is 25.1. The number of unbranched alkanes of at least 4 members (excludes halogenated alkanes) is 1. The highest BCUT2D eigenvalue weighted by atomic mass is 32.2. The van der Waals surface area contributed by atoms with Gasteiger partial charge in [0.15, 0.2) is 5.96 Å². The molecule has 0 spiro atoms. The fourth-order valence-corrected chi connectivity index (χ4v) is 8.20. The van der Waals surface area contributed by atoms with E-state index in [-0.39, 0.29) is 63.3 Å². The number of phenolic OH excluding ortho intramolecular Hbond substituents is 1. The minimum absolute atomic E-state index is 0.00193. The van der Waals surface area contributed by atoms with Crippen LogP contribution in [0.4, 0.5) is 0 Å². The van der Waals surface area contributed by atoms with Gasteiger partial charge in [-0.25, -0.2) is 4.79 Å². The molecule has 1 rings (SSSR count). The van der Waals surface area contributed by atoms with E-state index in [1.54, 1.807) is 38.5 Å². The Labute approximate surface area is 456 Å². The molecule has 0 heterocycles. The highest BCUT2D eigenvalue weighted by Gasteiger charge is 2.37. The largest absolute Gasteiger partial charge is 0.508 e. The Morgan fingerprint density at radius 3 is 1.45 bits per heavy atom. The number of carbonyl (C=O) groups excluding carboxylic acids is 8. The van der Waals surface area contributed by atoms with Gasteiger partial charge in [0.2, 0.25) is 47.3 Å². The molecule has 1 aromatic carbocycles. The van der Waals surface area contributed by atoms with Gasteiger partial charge in [-0.05, 0) is 113 Å². The molecule has 20 N–H and O–H groups in total. The van der Waals surface area contributed by atoms with Crippen LogP contribution in [0, 0.1) is 5.92 Å². The van der Waals surface area contributed by atoms with Gasteiger partial charge in [-0.3, -0.25) is 48.1 Å². The Kier molecular flexibility index (Phi) is 32.6. The van der Waals surface area contributed by atoms with Crippen LogP contribution in [0.3, 0.4) is 0 Å². The van der Waals surface area contributed by atoms with E-state index in [9.17, 15) is 68.4 Å². The number of nitrogens with two attached hydrogens (primary N) is 4. The molecule has 11 atom stereocenters. The van der Waals surface area contributed by atoms with Crippen LogP contribution in [0.5, 0.6) is 5.75 Å². The zero-order valence-electron chi connectivity index (χ0n) is 44.5. The van der Waals surface area contributed by atoms with E-state index in [2.05, 4.69) is 47.5 Å². The number of carbonyl (C=O) groups is 10. The molecule has 0 fully saturated rings. The van der Waals surface area contributed by atoms with Gasteiger partial charge in [0.25, 0.3) is 0 Å². The van der Waals surface area contributed by atoms with E-state index in [0.717, 1.165) is 0 Å². The molecule has 0 bridgehead atoms. The number of nitrogens with one attached hydrogen (secondary N) is 8. The number of hydrogen-bond acceptors (Lipinski definition) is 17. The van der Waals surface area contributed by atoms with Crippen molar-refractivity contribution in [2.45, 2.75) is 152 Å². The number of rotatable bonds is 38. The SMILES string of the molecule is CCC(C)C(NC(=O)C(CCCCN)NC(=O)C(CCSC)NC(=O)C(NC(=O)C(CCSC)NC(=O)C(Cc1ccc(O)cc1)NC(=O)C(C)N)C(C)O)C(=O)NC(CCCN=C(N)N)C(=O)NC(CC(=O)O)C(=O)O. The molecule has 29 heteroatoms. The quantitative estimate of drug-likeness (QED) is 0.0176. The van der Waals surface area contributed by atoms with Crippen molar-refractivity contribution in [3.05, 3.63) is 29.8 Å². The number of aliphatic hydroxyl groups excluding tert-OH is 1. The summed E-state index contributed by atoms with van der Waals surface area (Å²) < 4.78 is 0. The minimum atomic E-state index is -1.85. The first-order valence-corrected chi connectivity index (χ1v) is 27.9. The van der Waals surface area contributed by atoms with E-state index in [1.807, 2.05) is 0 Å². The molecule has 0 aromatic heterocycles. The van der Waals surface area contributed by atoms with Crippen LogP contribution in [0.2, 0.25) is 0 Å².